The highest BCUT2D eigenvalue weighted by Gasteiger charge is 2.81. The third-order valence-electron chi connectivity index (χ3n) is 4.32. The molecule has 0 aliphatic carbocycles. The Bertz CT molecular complexity index is 877. The molecule has 0 radical (unpaired) electrons. The summed E-state index contributed by atoms with van der Waals surface area (Å²) >= 11 is 3.04. The van der Waals surface area contributed by atoms with Gasteiger partial charge in [-0.3, -0.25) is 4.79 Å². The van der Waals surface area contributed by atoms with Gasteiger partial charge in [0.05, 0.1) is 5.92 Å². The summed E-state index contributed by atoms with van der Waals surface area (Å²) < 4.78 is 120. The molecule has 0 amide bonds. The van der Waals surface area contributed by atoms with Crippen molar-refractivity contribution in [2.24, 2.45) is 0 Å². The van der Waals surface area contributed by atoms with Crippen LogP contribution in [-0.2, 0) is 0 Å². The second kappa shape index (κ2) is 8.24. The molecule has 1 atom stereocenters. The molecule has 0 saturated carbocycles. The van der Waals surface area contributed by atoms with Gasteiger partial charge < -0.3 is 0 Å². The first-order valence-electron chi connectivity index (χ1n) is 8.17. The van der Waals surface area contributed by atoms with Gasteiger partial charge >= 0.3 is 23.9 Å². The number of ketones is 1. The second-order valence-corrected chi connectivity index (χ2v) is 7.31. The SMILES string of the molecule is O=C(c1ccccc1)C(CC(F)(F)C(F)(F)C(F)(F)C(F)(F)F)c1ccc(Br)cc1. The van der Waals surface area contributed by atoms with Crippen LogP contribution < -0.4 is 0 Å². The molecule has 164 valence electrons. The summed E-state index contributed by atoms with van der Waals surface area (Å²) in [6, 6.07) is 11.3. The number of carbonyl (C=O) groups excluding carboxylic acids is 1. The van der Waals surface area contributed by atoms with E-state index in [4.69, 9.17) is 0 Å². The molecule has 0 aliphatic heterocycles. The van der Waals surface area contributed by atoms with Gasteiger partial charge in [0, 0.05) is 16.5 Å². The topological polar surface area (TPSA) is 17.1 Å². The fourth-order valence-electron chi connectivity index (χ4n) is 2.65. The van der Waals surface area contributed by atoms with Crippen molar-refractivity contribution in [3.05, 3.63) is 70.2 Å². The second-order valence-electron chi connectivity index (χ2n) is 6.39. The summed E-state index contributed by atoms with van der Waals surface area (Å²) in [5.41, 5.74) is -0.454. The third-order valence-corrected chi connectivity index (χ3v) is 4.85. The van der Waals surface area contributed by atoms with Crippen LogP contribution in [0.3, 0.4) is 0 Å². The Balaban J connectivity index is 2.51. The van der Waals surface area contributed by atoms with E-state index >= 15 is 0 Å². The molecule has 0 bridgehead atoms. The lowest BCUT2D eigenvalue weighted by molar-refractivity contribution is -0.396. The van der Waals surface area contributed by atoms with Gasteiger partial charge in [0.25, 0.3) is 0 Å². The van der Waals surface area contributed by atoms with Crippen LogP contribution >= 0.6 is 15.9 Å². The Hall–Kier alpha value is -2.04. The third kappa shape index (κ3) is 4.50. The molecule has 0 aromatic heterocycles. The van der Waals surface area contributed by atoms with E-state index in [0.29, 0.717) is 4.47 Å². The van der Waals surface area contributed by atoms with Gasteiger partial charge in [0.2, 0.25) is 0 Å². The van der Waals surface area contributed by atoms with Crippen LogP contribution in [0.1, 0.15) is 28.3 Å². The van der Waals surface area contributed by atoms with E-state index in [1.165, 1.54) is 42.5 Å². The van der Waals surface area contributed by atoms with E-state index in [-0.39, 0.29) is 11.1 Å². The molecule has 0 aliphatic rings. The zero-order valence-electron chi connectivity index (χ0n) is 14.7. The van der Waals surface area contributed by atoms with Crippen LogP contribution in [0.5, 0.6) is 0 Å². The maximum absolute atomic E-state index is 14.2. The first kappa shape index (κ1) is 24.2. The van der Waals surface area contributed by atoms with Crippen molar-refractivity contribution in [3.8, 4) is 0 Å². The van der Waals surface area contributed by atoms with Crippen molar-refractivity contribution in [3.63, 3.8) is 0 Å². The average molecular weight is 507 g/mol. The summed E-state index contributed by atoms with van der Waals surface area (Å²) in [5, 5.41) is 0. The lowest BCUT2D eigenvalue weighted by atomic mass is 9.83. The monoisotopic (exact) mass is 506 g/mol. The standard InChI is InChI=1S/C19H12BrF9O/c20-13-8-6-11(7-9-13)14(15(30)12-4-2-1-3-5-12)10-16(21,22)17(23,24)18(25,26)19(27,28)29/h1-9,14H,10H2. The number of hydrogen-bond acceptors (Lipinski definition) is 1. The normalized spacial score (nSPS) is 14.5. The summed E-state index contributed by atoms with van der Waals surface area (Å²) in [5.74, 6) is -22.9. The van der Waals surface area contributed by atoms with Crippen LogP contribution in [0.4, 0.5) is 39.5 Å². The summed E-state index contributed by atoms with van der Waals surface area (Å²) in [6.07, 6.45) is -9.18. The van der Waals surface area contributed by atoms with Gasteiger partial charge in [-0.2, -0.15) is 39.5 Å². The van der Waals surface area contributed by atoms with Crippen molar-refractivity contribution < 1.29 is 44.3 Å². The van der Waals surface area contributed by atoms with E-state index in [1.807, 2.05) is 0 Å². The van der Waals surface area contributed by atoms with Gasteiger partial charge in [-0.15, -0.1) is 0 Å². The quantitative estimate of drug-likeness (QED) is 0.285. The lowest BCUT2D eigenvalue weighted by Crippen LogP contribution is -2.61. The lowest BCUT2D eigenvalue weighted by Gasteiger charge is -2.35. The van der Waals surface area contributed by atoms with E-state index in [0.717, 1.165) is 12.1 Å². The van der Waals surface area contributed by atoms with E-state index in [1.54, 1.807) is 0 Å². The minimum absolute atomic E-state index is 0.202. The Labute approximate surface area is 173 Å². The molecule has 30 heavy (non-hydrogen) atoms. The van der Waals surface area contributed by atoms with Crippen LogP contribution in [-0.4, -0.2) is 29.7 Å². The van der Waals surface area contributed by atoms with E-state index in [2.05, 4.69) is 15.9 Å². The fourth-order valence-corrected chi connectivity index (χ4v) is 2.92. The Kier molecular flexibility index (Phi) is 6.65. The Morgan fingerprint density at radius 3 is 1.73 bits per heavy atom. The van der Waals surface area contributed by atoms with Crippen molar-refractivity contribution >= 4 is 21.7 Å². The van der Waals surface area contributed by atoms with Crippen molar-refractivity contribution in [2.45, 2.75) is 36.3 Å². The van der Waals surface area contributed by atoms with Crippen molar-refractivity contribution in [1.29, 1.82) is 0 Å². The molecule has 0 spiro atoms. The van der Waals surface area contributed by atoms with E-state index < -0.39 is 42.1 Å². The molecule has 1 nitrogen and oxygen atoms in total. The highest BCUT2D eigenvalue weighted by Crippen LogP contribution is 2.55. The number of Topliss-reactive ketones (excluding diaryl/α,β-unsaturated/α-hetero) is 1. The van der Waals surface area contributed by atoms with Gasteiger partial charge in [-0.25, -0.2) is 0 Å². The predicted octanol–water partition coefficient (Wildman–Crippen LogP) is 7.27. The van der Waals surface area contributed by atoms with Crippen molar-refractivity contribution in [2.75, 3.05) is 0 Å². The molecule has 2 rings (SSSR count). The molecule has 0 N–H and O–H groups in total. The van der Waals surface area contributed by atoms with Gasteiger partial charge in [0.15, 0.2) is 5.78 Å². The maximum atomic E-state index is 14.2. The number of benzene rings is 2. The fraction of sp³-hybridized carbons (Fsp3) is 0.316. The average Bonchev–Trinajstić information content (AvgIpc) is 2.66. The van der Waals surface area contributed by atoms with E-state index in [9.17, 15) is 44.3 Å². The molecule has 0 fully saturated rings. The largest absolute Gasteiger partial charge is 0.460 e. The summed E-state index contributed by atoms with van der Waals surface area (Å²) in [7, 11) is 0. The predicted molar refractivity (Wildman–Crippen MR) is 93.2 cm³/mol. The molecule has 11 heteroatoms. The number of hydrogen-bond donors (Lipinski definition) is 0. The summed E-state index contributed by atoms with van der Waals surface area (Å²) in [6.45, 7) is 0. The number of alkyl halides is 9. The number of halogens is 10. The summed E-state index contributed by atoms with van der Waals surface area (Å²) in [4.78, 5) is 12.7. The molecule has 2 aromatic carbocycles. The van der Waals surface area contributed by atoms with Crippen LogP contribution in [0, 0.1) is 0 Å². The molecule has 2 aromatic rings. The number of carbonyl (C=O) groups is 1. The Morgan fingerprint density at radius 2 is 1.27 bits per heavy atom. The zero-order valence-corrected chi connectivity index (χ0v) is 16.3. The molecule has 1 unspecified atom stereocenters. The minimum Gasteiger partial charge on any atom is -0.293 e. The molecule has 0 saturated heterocycles. The van der Waals surface area contributed by atoms with Gasteiger partial charge in [0.1, 0.15) is 0 Å². The van der Waals surface area contributed by atoms with Crippen LogP contribution in [0.25, 0.3) is 0 Å². The highest BCUT2D eigenvalue weighted by molar-refractivity contribution is 9.10. The van der Waals surface area contributed by atoms with Crippen LogP contribution in [0.2, 0.25) is 0 Å². The number of rotatable bonds is 7. The Morgan fingerprint density at radius 1 is 0.767 bits per heavy atom. The zero-order chi connectivity index (χ0) is 23.0. The smallest absolute Gasteiger partial charge is 0.293 e. The first-order chi connectivity index (χ1) is 13.6. The molecular formula is C19H12BrF9O. The molecule has 0 heterocycles. The van der Waals surface area contributed by atoms with Crippen molar-refractivity contribution in [1.82, 2.24) is 0 Å². The highest BCUT2D eigenvalue weighted by atomic mass is 79.9. The van der Waals surface area contributed by atoms with Gasteiger partial charge in [-0.1, -0.05) is 58.4 Å². The van der Waals surface area contributed by atoms with Gasteiger partial charge in [-0.05, 0) is 17.7 Å². The minimum atomic E-state index is -7.01. The molecular weight excluding hydrogens is 495 g/mol. The first-order valence-corrected chi connectivity index (χ1v) is 8.96. The maximum Gasteiger partial charge on any atom is 0.460 e. The van der Waals surface area contributed by atoms with Crippen LogP contribution in [0.15, 0.2) is 59.1 Å².